The van der Waals surface area contributed by atoms with Crippen molar-refractivity contribution in [3.63, 3.8) is 0 Å². The van der Waals surface area contributed by atoms with Gasteiger partial charge in [-0.15, -0.1) is 0 Å². The van der Waals surface area contributed by atoms with E-state index in [-0.39, 0.29) is 17.3 Å². The van der Waals surface area contributed by atoms with Crippen LogP contribution in [0.1, 0.15) is 44.5 Å². The lowest BCUT2D eigenvalue weighted by Crippen LogP contribution is -2.23. The van der Waals surface area contributed by atoms with E-state index in [1.54, 1.807) is 31.2 Å². The van der Waals surface area contributed by atoms with Crippen molar-refractivity contribution in [1.29, 1.82) is 0 Å². The van der Waals surface area contributed by atoms with E-state index in [0.717, 1.165) is 0 Å². The minimum Gasteiger partial charge on any atom is -0.492 e. The predicted molar refractivity (Wildman–Crippen MR) is 73.5 cm³/mol. The third kappa shape index (κ3) is 1.65. The summed E-state index contributed by atoms with van der Waals surface area (Å²) in [7, 11) is 0. The van der Waals surface area contributed by atoms with Gasteiger partial charge < -0.3 is 4.74 Å². The molecule has 100 valence electrons. The molecule has 20 heavy (non-hydrogen) atoms. The van der Waals surface area contributed by atoms with Crippen molar-refractivity contribution in [2.45, 2.75) is 13.8 Å². The number of carbonyl (C=O) groups excluding carboxylic acids is 2. The monoisotopic (exact) mass is 267 g/mol. The molecule has 0 atom stereocenters. The third-order valence-corrected chi connectivity index (χ3v) is 3.45. The van der Waals surface area contributed by atoms with Gasteiger partial charge >= 0.3 is 0 Å². The van der Waals surface area contributed by atoms with Gasteiger partial charge in [-0.3, -0.25) is 9.59 Å². The van der Waals surface area contributed by atoms with Crippen molar-refractivity contribution in [3.8, 4) is 5.75 Å². The Hall–Kier alpha value is -2.49. The summed E-state index contributed by atoms with van der Waals surface area (Å²) < 4.78 is 5.45. The number of pyridine rings is 1. The van der Waals surface area contributed by atoms with E-state index in [4.69, 9.17) is 4.74 Å². The van der Waals surface area contributed by atoms with Crippen LogP contribution in [-0.2, 0) is 0 Å². The van der Waals surface area contributed by atoms with Gasteiger partial charge in [0, 0.05) is 16.7 Å². The van der Waals surface area contributed by atoms with Crippen molar-refractivity contribution in [3.05, 3.63) is 58.4 Å². The molecular weight excluding hydrogens is 254 g/mol. The summed E-state index contributed by atoms with van der Waals surface area (Å²) >= 11 is 0. The number of hydrogen-bond donors (Lipinski definition) is 0. The Morgan fingerprint density at radius 3 is 2.40 bits per heavy atom. The molecule has 1 aromatic carbocycles. The van der Waals surface area contributed by atoms with Crippen molar-refractivity contribution in [2.75, 3.05) is 6.61 Å². The summed E-state index contributed by atoms with van der Waals surface area (Å²) in [6.07, 6.45) is 1.51. The van der Waals surface area contributed by atoms with Gasteiger partial charge in [-0.25, -0.2) is 4.98 Å². The second-order valence-corrected chi connectivity index (χ2v) is 4.61. The summed E-state index contributed by atoms with van der Waals surface area (Å²) in [5.74, 6) is 0.176. The molecule has 1 aliphatic rings. The van der Waals surface area contributed by atoms with E-state index in [1.165, 1.54) is 6.20 Å². The first kappa shape index (κ1) is 12.5. The zero-order chi connectivity index (χ0) is 14.3. The van der Waals surface area contributed by atoms with Gasteiger partial charge in [-0.05, 0) is 13.8 Å². The number of rotatable bonds is 2. The van der Waals surface area contributed by atoms with Gasteiger partial charge in [0.1, 0.15) is 11.4 Å². The van der Waals surface area contributed by atoms with E-state index in [9.17, 15) is 9.59 Å². The number of aromatic nitrogens is 1. The van der Waals surface area contributed by atoms with E-state index >= 15 is 0 Å². The molecule has 4 nitrogen and oxygen atoms in total. The molecule has 3 rings (SSSR count). The predicted octanol–water partition coefficient (Wildman–Crippen LogP) is 2.56. The fourth-order valence-electron chi connectivity index (χ4n) is 2.48. The Bertz CT molecular complexity index is 734. The lowest BCUT2D eigenvalue weighted by Gasteiger charge is -2.19. The Kier molecular flexibility index (Phi) is 2.86. The Morgan fingerprint density at radius 1 is 1.10 bits per heavy atom. The van der Waals surface area contributed by atoms with Crippen molar-refractivity contribution >= 4 is 11.6 Å². The molecule has 0 bridgehead atoms. The Balaban J connectivity index is 2.26. The molecule has 0 N–H and O–H groups in total. The fourth-order valence-corrected chi connectivity index (χ4v) is 2.48. The topological polar surface area (TPSA) is 56.3 Å². The van der Waals surface area contributed by atoms with Crippen LogP contribution < -0.4 is 4.74 Å². The fraction of sp³-hybridized carbons (Fsp3) is 0.188. The highest BCUT2D eigenvalue weighted by molar-refractivity contribution is 6.28. The largest absolute Gasteiger partial charge is 0.492 e. The van der Waals surface area contributed by atoms with E-state index in [0.29, 0.717) is 34.6 Å². The highest BCUT2D eigenvalue weighted by atomic mass is 16.5. The van der Waals surface area contributed by atoms with Crippen LogP contribution in [0.15, 0.2) is 30.5 Å². The van der Waals surface area contributed by atoms with Crippen LogP contribution in [-0.4, -0.2) is 23.2 Å². The van der Waals surface area contributed by atoms with Gasteiger partial charge in [-0.2, -0.15) is 0 Å². The molecule has 1 heterocycles. The zero-order valence-electron chi connectivity index (χ0n) is 11.3. The molecular formula is C16H13NO3. The van der Waals surface area contributed by atoms with Gasteiger partial charge in [0.05, 0.1) is 18.4 Å². The summed E-state index contributed by atoms with van der Waals surface area (Å²) in [6, 6.07) is 6.83. The standard InChI is InChI=1S/C16H13NO3/c1-3-20-12-8-17-14-13(9(12)2)15(18)10-6-4-5-7-11(10)16(14)19/h4-8H,3H2,1-2H3. The van der Waals surface area contributed by atoms with Gasteiger partial charge in [0.25, 0.3) is 0 Å². The maximum absolute atomic E-state index is 12.6. The first-order valence-electron chi connectivity index (χ1n) is 6.46. The lowest BCUT2D eigenvalue weighted by atomic mass is 9.85. The number of benzene rings is 1. The number of nitrogens with zero attached hydrogens (tertiary/aromatic N) is 1. The quantitative estimate of drug-likeness (QED) is 0.716. The molecule has 0 fully saturated rings. The van der Waals surface area contributed by atoms with Crippen LogP contribution in [0.4, 0.5) is 0 Å². The Morgan fingerprint density at radius 2 is 1.75 bits per heavy atom. The molecule has 2 aromatic rings. The van der Waals surface area contributed by atoms with E-state index in [1.807, 2.05) is 6.92 Å². The number of fused-ring (bicyclic) bond motifs is 2. The zero-order valence-corrected chi connectivity index (χ0v) is 11.3. The first-order valence-corrected chi connectivity index (χ1v) is 6.46. The van der Waals surface area contributed by atoms with Gasteiger partial charge in [-0.1, -0.05) is 24.3 Å². The van der Waals surface area contributed by atoms with Gasteiger partial charge in [0.2, 0.25) is 5.78 Å². The highest BCUT2D eigenvalue weighted by Gasteiger charge is 2.32. The van der Waals surface area contributed by atoms with Crippen molar-refractivity contribution in [2.24, 2.45) is 0 Å². The van der Waals surface area contributed by atoms with Crippen LogP contribution >= 0.6 is 0 Å². The molecule has 4 heteroatoms. The summed E-state index contributed by atoms with van der Waals surface area (Å²) in [5.41, 5.74) is 2.10. The summed E-state index contributed by atoms with van der Waals surface area (Å²) in [4.78, 5) is 29.1. The Labute approximate surface area is 116 Å². The normalized spacial score (nSPS) is 12.9. The number of carbonyl (C=O) groups is 2. The van der Waals surface area contributed by atoms with Crippen molar-refractivity contribution < 1.29 is 14.3 Å². The van der Waals surface area contributed by atoms with Crippen LogP contribution in [0.5, 0.6) is 5.75 Å². The molecule has 1 aromatic heterocycles. The van der Waals surface area contributed by atoms with Crippen LogP contribution in [0.2, 0.25) is 0 Å². The summed E-state index contributed by atoms with van der Waals surface area (Å²) in [6.45, 7) is 4.13. The number of ether oxygens (including phenoxy) is 1. The smallest absolute Gasteiger partial charge is 0.212 e. The lowest BCUT2D eigenvalue weighted by molar-refractivity contribution is 0.0974. The molecule has 0 unspecified atom stereocenters. The van der Waals surface area contributed by atoms with Crippen LogP contribution in [0, 0.1) is 6.92 Å². The minimum absolute atomic E-state index is 0.165. The molecule has 1 aliphatic carbocycles. The summed E-state index contributed by atoms with van der Waals surface area (Å²) in [5, 5.41) is 0. The van der Waals surface area contributed by atoms with Crippen molar-refractivity contribution in [1.82, 2.24) is 4.98 Å². The maximum Gasteiger partial charge on any atom is 0.212 e. The van der Waals surface area contributed by atoms with E-state index < -0.39 is 0 Å². The highest BCUT2D eigenvalue weighted by Crippen LogP contribution is 2.31. The van der Waals surface area contributed by atoms with E-state index in [2.05, 4.69) is 4.98 Å². The second-order valence-electron chi connectivity index (χ2n) is 4.61. The molecule has 0 saturated carbocycles. The minimum atomic E-state index is -0.207. The molecule has 0 radical (unpaired) electrons. The average Bonchev–Trinajstić information content (AvgIpc) is 2.47. The second kappa shape index (κ2) is 4.56. The molecule has 0 aliphatic heterocycles. The maximum atomic E-state index is 12.6. The SMILES string of the molecule is CCOc1cnc2c(c1C)C(=O)c1ccccc1C2=O. The first-order chi connectivity index (χ1) is 9.65. The molecule has 0 spiro atoms. The van der Waals surface area contributed by atoms with Crippen LogP contribution in [0.3, 0.4) is 0 Å². The number of ketones is 2. The number of hydrogen-bond acceptors (Lipinski definition) is 4. The van der Waals surface area contributed by atoms with Crippen LogP contribution in [0.25, 0.3) is 0 Å². The molecule has 0 amide bonds. The van der Waals surface area contributed by atoms with Gasteiger partial charge in [0.15, 0.2) is 5.78 Å². The average molecular weight is 267 g/mol. The molecule has 0 saturated heterocycles. The third-order valence-electron chi connectivity index (χ3n) is 3.45.